The summed E-state index contributed by atoms with van der Waals surface area (Å²) in [5, 5.41) is 8.58. The van der Waals surface area contributed by atoms with Crippen LogP contribution in [0.1, 0.15) is 16.8 Å². The third-order valence-electron chi connectivity index (χ3n) is 2.05. The Balaban J connectivity index is 2.36. The molecule has 1 rings (SSSR count). The molecule has 0 bridgehead atoms. The molecule has 17 heavy (non-hydrogen) atoms. The van der Waals surface area contributed by atoms with Crippen LogP contribution in [0.15, 0.2) is 54.6 Å². The van der Waals surface area contributed by atoms with E-state index in [2.05, 4.69) is 6.58 Å². The molecule has 0 aliphatic heterocycles. The highest BCUT2D eigenvalue weighted by atomic mass is 16.5. The van der Waals surface area contributed by atoms with Crippen LogP contribution in [0.25, 0.3) is 0 Å². The second-order valence-corrected chi connectivity index (χ2v) is 3.52. The van der Waals surface area contributed by atoms with E-state index < -0.39 is 0 Å². The first-order chi connectivity index (χ1) is 8.24. The Labute approximate surface area is 101 Å². The first kappa shape index (κ1) is 13.2. The number of aliphatic hydroxyl groups excluding tert-OH is 1. The molecule has 3 nitrogen and oxygen atoms in total. The molecule has 0 aliphatic carbocycles. The van der Waals surface area contributed by atoms with Gasteiger partial charge in [0, 0.05) is 6.61 Å². The number of benzene rings is 1. The van der Waals surface area contributed by atoms with Crippen LogP contribution in [0.2, 0.25) is 0 Å². The maximum absolute atomic E-state index is 11.6. The normalized spacial score (nSPS) is 10.4. The van der Waals surface area contributed by atoms with Gasteiger partial charge in [-0.15, -0.1) is 0 Å². The minimum Gasteiger partial charge on any atom is -0.457 e. The van der Waals surface area contributed by atoms with Crippen LogP contribution in [-0.2, 0) is 4.74 Å². The molecule has 0 saturated heterocycles. The average Bonchev–Trinajstić information content (AvgIpc) is 2.37. The largest absolute Gasteiger partial charge is 0.457 e. The molecular weight excluding hydrogens is 216 g/mol. The first-order valence-corrected chi connectivity index (χ1v) is 5.41. The summed E-state index contributed by atoms with van der Waals surface area (Å²) in [6, 6.07) is 8.81. The van der Waals surface area contributed by atoms with Gasteiger partial charge in [-0.1, -0.05) is 36.9 Å². The third kappa shape index (κ3) is 5.13. The Morgan fingerprint density at radius 1 is 1.35 bits per heavy atom. The summed E-state index contributed by atoms with van der Waals surface area (Å²) in [6.45, 7) is 4.01. The summed E-state index contributed by atoms with van der Waals surface area (Å²) in [5.41, 5.74) is 1.22. The summed E-state index contributed by atoms with van der Waals surface area (Å²) in [4.78, 5) is 11.6. The van der Waals surface area contributed by atoms with Crippen molar-refractivity contribution in [2.75, 3.05) is 13.2 Å². The first-order valence-electron chi connectivity index (χ1n) is 5.41. The number of aliphatic hydroxyl groups is 1. The highest BCUT2D eigenvalue weighted by molar-refractivity contribution is 5.89. The fourth-order valence-electron chi connectivity index (χ4n) is 1.19. The smallest absolute Gasteiger partial charge is 0.338 e. The van der Waals surface area contributed by atoms with E-state index in [4.69, 9.17) is 9.84 Å². The number of carbonyl (C=O) groups excluding carboxylic acids is 1. The molecule has 0 atom stereocenters. The zero-order chi connectivity index (χ0) is 12.5. The Hall–Kier alpha value is -1.87. The molecule has 0 aliphatic rings. The molecule has 3 heteroatoms. The SMILES string of the molecule is C=C(/C=C/CCO)COC(=O)c1ccccc1. The maximum atomic E-state index is 11.6. The third-order valence-corrected chi connectivity index (χ3v) is 2.05. The van der Waals surface area contributed by atoms with Gasteiger partial charge in [-0.3, -0.25) is 0 Å². The van der Waals surface area contributed by atoms with E-state index in [1.165, 1.54) is 0 Å². The molecule has 1 aromatic carbocycles. The number of carbonyl (C=O) groups is 1. The van der Waals surface area contributed by atoms with E-state index in [0.717, 1.165) is 0 Å². The average molecular weight is 232 g/mol. The van der Waals surface area contributed by atoms with Gasteiger partial charge in [0.15, 0.2) is 0 Å². The van der Waals surface area contributed by atoms with Crippen LogP contribution in [0.4, 0.5) is 0 Å². The Morgan fingerprint density at radius 3 is 2.71 bits per heavy atom. The van der Waals surface area contributed by atoms with Crippen molar-refractivity contribution in [3.8, 4) is 0 Å². The van der Waals surface area contributed by atoms with Crippen molar-refractivity contribution in [2.45, 2.75) is 6.42 Å². The van der Waals surface area contributed by atoms with Crippen molar-refractivity contribution in [3.05, 3.63) is 60.2 Å². The molecule has 0 unspecified atom stereocenters. The molecule has 0 amide bonds. The van der Waals surface area contributed by atoms with Crippen molar-refractivity contribution >= 4 is 5.97 Å². The summed E-state index contributed by atoms with van der Waals surface area (Å²) in [7, 11) is 0. The van der Waals surface area contributed by atoms with Crippen LogP contribution in [0.3, 0.4) is 0 Å². The second-order valence-electron chi connectivity index (χ2n) is 3.52. The monoisotopic (exact) mass is 232 g/mol. The zero-order valence-corrected chi connectivity index (χ0v) is 9.63. The lowest BCUT2D eigenvalue weighted by Crippen LogP contribution is -2.06. The lowest BCUT2D eigenvalue weighted by Gasteiger charge is -2.04. The van der Waals surface area contributed by atoms with Gasteiger partial charge in [0.25, 0.3) is 0 Å². The van der Waals surface area contributed by atoms with E-state index in [-0.39, 0.29) is 19.2 Å². The highest BCUT2D eigenvalue weighted by Crippen LogP contribution is 2.03. The van der Waals surface area contributed by atoms with E-state index in [9.17, 15) is 4.79 Å². The van der Waals surface area contributed by atoms with Gasteiger partial charge in [-0.2, -0.15) is 0 Å². The fourth-order valence-corrected chi connectivity index (χ4v) is 1.19. The number of esters is 1. The number of hydrogen-bond donors (Lipinski definition) is 1. The van der Waals surface area contributed by atoms with Gasteiger partial charge >= 0.3 is 5.97 Å². The molecule has 0 fully saturated rings. The summed E-state index contributed by atoms with van der Waals surface area (Å²) < 4.78 is 5.07. The minimum atomic E-state index is -0.359. The predicted molar refractivity (Wildman–Crippen MR) is 66.7 cm³/mol. The van der Waals surface area contributed by atoms with E-state index in [1.54, 1.807) is 36.4 Å². The van der Waals surface area contributed by atoms with Gasteiger partial charge in [-0.25, -0.2) is 4.79 Å². The Morgan fingerprint density at radius 2 is 2.06 bits per heavy atom. The van der Waals surface area contributed by atoms with E-state index in [1.807, 2.05) is 6.07 Å². The van der Waals surface area contributed by atoms with Crippen LogP contribution < -0.4 is 0 Å². The molecule has 1 N–H and O–H groups in total. The van der Waals surface area contributed by atoms with Crippen molar-refractivity contribution in [2.24, 2.45) is 0 Å². The molecule has 0 aromatic heterocycles. The lowest BCUT2D eigenvalue weighted by molar-refractivity contribution is 0.0543. The molecule has 0 radical (unpaired) electrons. The van der Waals surface area contributed by atoms with E-state index in [0.29, 0.717) is 17.6 Å². The van der Waals surface area contributed by atoms with Gasteiger partial charge < -0.3 is 9.84 Å². The quantitative estimate of drug-likeness (QED) is 0.605. The highest BCUT2D eigenvalue weighted by Gasteiger charge is 2.05. The number of rotatable bonds is 6. The second kappa shape index (κ2) is 7.41. The minimum absolute atomic E-state index is 0.105. The van der Waals surface area contributed by atoms with Crippen molar-refractivity contribution in [1.82, 2.24) is 0 Å². The van der Waals surface area contributed by atoms with Crippen LogP contribution >= 0.6 is 0 Å². The molecule has 90 valence electrons. The van der Waals surface area contributed by atoms with Crippen LogP contribution in [0.5, 0.6) is 0 Å². The molecular formula is C14H16O3. The van der Waals surface area contributed by atoms with Gasteiger partial charge in [0.2, 0.25) is 0 Å². The summed E-state index contributed by atoms with van der Waals surface area (Å²) in [5.74, 6) is -0.359. The molecule has 0 spiro atoms. The van der Waals surface area contributed by atoms with Gasteiger partial charge in [-0.05, 0) is 24.1 Å². The molecule has 1 aromatic rings. The summed E-state index contributed by atoms with van der Waals surface area (Å²) in [6.07, 6.45) is 4.11. The standard InChI is InChI=1S/C14H16O3/c1-12(7-5-6-10-15)11-17-14(16)13-8-3-2-4-9-13/h2-5,7-9,15H,1,6,10-11H2/b7-5+. The molecule has 0 heterocycles. The van der Waals surface area contributed by atoms with Crippen molar-refractivity contribution in [3.63, 3.8) is 0 Å². The van der Waals surface area contributed by atoms with Gasteiger partial charge in [0.05, 0.1) is 5.56 Å². The molecule has 0 saturated carbocycles. The van der Waals surface area contributed by atoms with E-state index >= 15 is 0 Å². The Kier molecular flexibility index (Phi) is 5.75. The van der Waals surface area contributed by atoms with Gasteiger partial charge in [0.1, 0.15) is 6.61 Å². The van der Waals surface area contributed by atoms with Crippen molar-refractivity contribution < 1.29 is 14.6 Å². The summed E-state index contributed by atoms with van der Waals surface area (Å²) >= 11 is 0. The Bertz CT molecular complexity index is 393. The zero-order valence-electron chi connectivity index (χ0n) is 9.63. The number of hydrogen-bond acceptors (Lipinski definition) is 3. The number of ether oxygens (including phenoxy) is 1. The van der Waals surface area contributed by atoms with Crippen molar-refractivity contribution in [1.29, 1.82) is 0 Å². The predicted octanol–water partition coefficient (Wildman–Crippen LogP) is 2.34. The topological polar surface area (TPSA) is 46.5 Å². The fraction of sp³-hybridized carbons (Fsp3) is 0.214. The maximum Gasteiger partial charge on any atom is 0.338 e. The lowest BCUT2D eigenvalue weighted by atomic mass is 10.2. The van der Waals surface area contributed by atoms with Crippen LogP contribution in [0, 0.1) is 0 Å². The van der Waals surface area contributed by atoms with Crippen LogP contribution in [-0.4, -0.2) is 24.3 Å².